The first-order valence-corrected chi connectivity index (χ1v) is 11.2. The number of rotatable bonds is 6. The summed E-state index contributed by atoms with van der Waals surface area (Å²) < 4.78 is 11.9. The van der Waals surface area contributed by atoms with Crippen molar-refractivity contribution < 1.29 is 14.3 Å². The van der Waals surface area contributed by atoms with E-state index in [1.807, 2.05) is 68.5 Å². The number of thiocarbonyl (C=S) groups is 1. The van der Waals surface area contributed by atoms with Gasteiger partial charge >= 0.3 is 0 Å². The molecule has 162 valence electrons. The second kappa shape index (κ2) is 9.54. The predicted molar refractivity (Wildman–Crippen MR) is 133 cm³/mol. The van der Waals surface area contributed by atoms with Crippen molar-refractivity contribution >= 4 is 46.0 Å². The molecular weight excluding hydrogens is 440 g/mol. The Hall–Kier alpha value is -3.16. The average Bonchev–Trinajstić information content (AvgIpc) is 3.08. The molecule has 0 unspecified atom stereocenters. The van der Waals surface area contributed by atoms with E-state index in [0.29, 0.717) is 27.3 Å². The van der Waals surface area contributed by atoms with Gasteiger partial charge in [-0.25, -0.2) is 0 Å². The van der Waals surface area contributed by atoms with Crippen molar-refractivity contribution in [1.29, 1.82) is 0 Å². The maximum atomic E-state index is 13.1. The van der Waals surface area contributed by atoms with Crippen LogP contribution in [0.25, 0.3) is 6.08 Å². The molecule has 0 N–H and O–H groups in total. The molecule has 3 aromatic rings. The molecule has 1 aliphatic rings. The predicted octanol–water partition coefficient (Wildman–Crippen LogP) is 5.69. The number of benzene rings is 2. The molecule has 1 amide bonds. The Morgan fingerprint density at radius 2 is 1.81 bits per heavy atom. The standard InChI is InChI=1S/C25H22N2O3S2/c1-16-4-6-20(12-17(16)2)27-24(28)23(32-25(27)31)14-19-5-7-21(22(13-19)29-3)30-15-18-8-10-26-11-9-18/h4-14H,15H2,1-3H3/b23-14+. The van der Waals surface area contributed by atoms with Gasteiger partial charge in [0.15, 0.2) is 15.8 Å². The van der Waals surface area contributed by atoms with Gasteiger partial charge < -0.3 is 9.47 Å². The van der Waals surface area contributed by atoms with Gasteiger partial charge in [-0.3, -0.25) is 14.7 Å². The van der Waals surface area contributed by atoms with Crippen molar-refractivity contribution in [3.8, 4) is 11.5 Å². The molecular formula is C25H22N2O3S2. The van der Waals surface area contributed by atoms with E-state index < -0.39 is 0 Å². The zero-order valence-electron chi connectivity index (χ0n) is 18.0. The summed E-state index contributed by atoms with van der Waals surface area (Å²) in [5.74, 6) is 1.10. The van der Waals surface area contributed by atoms with Crippen LogP contribution in [-0.2, 0) is 11.4 Å². The largest absolute Gasteiger partial charge is 0.493 e. The maximum absolute atomic E-state index is 13.1. The fourth-order valence-corrected chi connectivity index (χ4v) is 4.54. The van der Waals surface area contributed by atoms with Crippen LogP contribution >= 0.6 is 24.0 Å². The Labute approximate surface area is 197 Å². The Balaban J connectivity index is 1.54. The number of hydrogen-bond acceptors (Lipinski definition) is 6. The summed E-state index contributed by atoms with van der Waals surface area (Å²) >= 11 is 6.80. The van der Waals surface area contributed by atoms with E-state index in [0.717, 1.165) is 22.4 Å². The number of aromatic nitrogens is 1. The minimum absolute atomic E-state index is 0.125. The number of nitrogens with zero attached hydrogens (tertiary/aromatic N) is 2. The zero-order valence-corrected chi connectivity index (χ0v) is 19.6. The number of methoxy groups -OCH3 is 1. The van der Waals surface area contributed by atoms with Crippen LogP contribution in [0, 0.1) is 13.8 Å². The smallest absolute Gasteiger partial charge is 0.270 e. The van der Waals surface area contributed by atoms with E-state index in [-0.39, 0.29) is 5.91 Å². The van der Waals surface area contributed by atoms with Crippen LogP contribution < -0.4 is 14.4 Å². The molecule has 0 spiro atoms. The fourth-order valence-electron chi connectivity index (χ4n) is 3.24. The van der Waals surface area contributed by atoms with E-state index in [1.54, 1.807) is 24.4 Å². The van der Waals surface area contributed by atoms with Gasteiger partial charge in [0.05, 0.1) is 17.7 Å². The van der Waals surface area contributed by atoms with Crippen LogP contribution in [0.4, 0.5) is 5.69 Å². The van der Waals surface area contributed by atoms with Crippen molar-refractivity contribution in [3.63, 3.8) is 0 Å². The molecule has 32 heavy (non-hydrogen) atoms. The maximum Gasteiger partial charge on any atom is 0.270 e. The molecule has 7 heteroatoms. The normalized spacial score (nSPS) is 14.8. The Kier molecular flexibility index (Phi) is 6.58. The number of ether oxygens (including phenoxy) is 2. The lowest BCUT2D eigenvalue weighted by Gasteiger charge is -2.16. The molecule has 2 aromatic carbocycles. The number of pyridine rings is 1. The van der Waals surface area contributed by atoms with E-state index in [9.17, 15) is 4.79 Å². The highest BCUT2D eigenvalue weighted by Gasteiger charge is 2.33. The summed E-state index contributed by atoms with van der Waals surface area (Å²) in [6.45, 7) is 4.48. The highest BCUT2D eigenvalue weighted by molar-refractivity contribution is 8.27. The van der Waals surface area contributed by atoms with Gasteiger partial charge in [-0.2, -0.15) is 0 Å². The van der Waals surface area contributed by atoms with Gasteiger partial charge in [0.1, 0.15) is 6.61 Å². The molecule has 0 aliphatic carbocycles. The Morgan fingerprint density at radius 1 is 1.03 bits per heavy atom. The molecule has 0 radical (unpaired) electrons. The Morgan fingerprint density at radius 3 is 2.53 bits per heavy atom. The summed E-state index contributed by atoms with van der Waals surface area (Å²) in [4.78, 5) is 19.3. The van der Waals surface area contributed by atoms with Gasteiger partial charge in [0.2, 0.25) is 0 Å². The summed E-state index contributed by atoms with van der Waals surface area (Å²) in [5, 5.41) is 0. The fraction of sp³-hybridized carbons (Fsp3) is 0.160. The van der Waals surface area contributed by atoms with Gasteiger partial charge in [-0.05, 0) is 78.6 Å². The van der Waals surface area contributed by atoms with Crippen molar-refractivity contribution in [1.82, 2.24) is 4.98 Å². The minimum atomic E-state index is -0.125. The highest BCUT2D eigenvalue weighted by Crippen LogP contribution is 2.37. The van der Waals surface area contributed by atoms with Gasteiger partial charge in [-0.15, -0.1) is 0 Å². The lowest BCUT2D eigenvalue weighted by atomic mass is 10.1. The molecule has 1 aliphatic heterocycles. The summed E-state index contributed by atoms with van der Waals surface area (Å²) in [6.07, 6.45) is 5.29. The van der Waals surface area contributed by atoms with Gasteiger partial charge in [-0.1, -0.05) is 36.1 Å². The number of anilines is 1. The molecule has 4 rings (SSSR count). The first kappa shape index (κ1) is 22.0. The highest BCUT2D eigenvalue weighted by atomic mass is 32.2. The molecule has 0 saturated carbocycles. The van der Waals surface area contributed by atoms with Crippen LogP contribution in [0.1, 0.15) is 22.3 Å². The molecule has 5 nitrogen and oxygen atoms in total. The number of thioether (sulfide) groups is 1. The molecule has 0 atom stereocenters. The van der Waals surface area contributed by atoms with Gasteiger partial charge in [0, 0.05) is 12.4 Å². The lowest BCUT2D eigenvalue weighted by Crippen LogP contribution is -2.27. The molecule has 2 heterocycles. The van der Waals surface area contributed by atoms with Crippen molar-refractivity contribution in [2.45, 2.75) is 20.5 Å². The van der Waals surface area contributed by atoms with E-state index in [1.165, 1.54) is 17.3 Å². The number of aryl methyl sites for hydroxylation is 2. The first-order valence-electron chi connectivity index (χ1n) is 10.0. The monoisotopic (exact) mass is 462 g/mol. The molecule has 1 saturated heterocycles. The Bertz CT molecular complexity index is 1210. The van der Waals surface area contributed by atoms with Crippen molar-refractivity contribution in [2.75, 3.05) is 12.0 Å². The second-order valence-corrected chi connectivity index (χ2v) is 9.02. The van der Waals surface area contributed by atoms with Crippen LogP contribution in [0.15, 0.2) is 65.8 Å². The summed E-state index contributed by atoms with van der Waals surface area (Å²) in [6, 6.07) is 15.3. The van der Waals surface area contributed by atoms with E-state index in [2.05, 4.69) is 4.98 Å². The van der Waals surface area contributed by atoms with Crippen molar-refractivity contribution in [2.24, 2.45) is 0 Å². The number of amides is 1. The second-order valence-electron chi connectivity index (χ2n) is 7.34. The minimum Gasteiger partial charge on any atom is -0.493 e. The third-order valence-corrected chi connectivity index (χ3v) is 6.47. The lowest BCUT2D eigenvalue weighted by molar-refractivity contribution is -0.113. The zero-order chi connectivity index (χ0) is 22.7. The van der Waals surface area contributed by atoms with Crippen molar-refractivity contribution in [3.05, 3.63) is 88.1 Å². The van der Waals surface area contributed by atoms with Gasteiger partial charge in [0.25, 0.3) is 5.91 Å². The quantitative estimate of drug-likeness (QED) is 0.346. The number of hydrogen-bond donors (Lipinski definition) is 0. The molecule has 1 aromatic heterocycles. The number of carbonyl (C=O) groups is 1. The summed E-state index contributed by atoms with van der Waals surface area (Å²) in [5.41, 5.74) is 4.93. The molecule has 1 fully saturated rings. The third kappa shape index (κ3) is 4.69. The van der Waals surface area contributed by atoms with E-state index >= 15 is 0 Å². The topological polar surface area (TPSA) is 51.7 Å². The van der Waals surface area contributed by atoms with Crippen LogP contribution in [0.5, 0.6) is 11.5 Å². The van der Waals surface area contributed by atoms with Crippen LogP contribution in [0.2, 0.25) is 0 Å². The van der Waals surface area contributed by atoms with Crippen LogP contribution in [0.3, 0.4) is 0 Å². The number of carbonyl (C=O) groups excluding carboxylic acids is 1. The third-order valence-electron chi connectivity index (χ3n) is 5.17. The molecule has 0 bridgehead atoms. The van der Waals surface area contributed by atoms with Crippen LogP contribution in [-0.4, -0.2) is 22.3 Å². The summed E-state index contributed by atoms with van der Waals surface area (Å²) in [7, 11) is 1.59. The average molecular weight is 463 g/mol. The SMILES string of the molecule is COc1cc(/C=C2/SC(=S)N(c3ccc(C)c(C)c3)C2=O)ccc1OCc1ccncc1. The van der Waals surface area contributed by atoms with E-state index in [4.69, 9.17) is 21.7 Å². The first-order chi connectivity index (χ1) is 15.5.